The molecule has 8 nitrogen and oxygen atoms in total. The number of carboxylic acid groups (broad SMARTS) is 1. The van der Waals surface area contributed by atoms with E-state index in [1.807, 2.05) is 12.1 Å². The Morgan fingerprint density at radius 3 is 2.78 bits per heavy atom. The average Bonchev–Trinajstić information content (AvgIpc) is 3.09. The SMILES string of the molecule is NC(=O)N1CCc2c1ccc1[nH]c(C(O)CC(N)C(=O)O)cc21. The standard InChI is InChI=1S/C15H18N4O4/c16-9(14(21)22)6-13(20)11-5-8-7-3-4-19(15(17)23)12(7)2-1-10(8)18-11/h1-2,5,9,13,18,20H,3-4,6,16H2,(H2,17,23)(H,21,22). The van der Waals surface area contributed by atoms with Gasteiger partial charge in [-0.1, -0.05) is 0 Å². The number of hydrogen-bond acceptors (Lipinski definition) is 4. The van der Waals surface area contributed by atoms with Gasteiger partial charge in [0, 0.05) is 35.2 Å². The highest BCUT2D eigenvalue weighted by molar-refractivity contribution is 5.99. The molecule has 0 radical (unpaired) electrons. The van der Waals surface area contributed by atoms with Crippen LogP contribution in [0.1, 0.15) is 23.8 Å². The van der Waals surface area contributed by atoms with Crippen LogP contribution in [0.4, 0.5) is 10.5 Å². The summed E-state index contributed by atoms with van der Waals surface area (Å²) in [5, 5.41) is 19.9. The first-order valence-electron chi connectivity index (χ1n) is 7.26. The molecule has 0 fully saturated rings. The number of aliphatic carboxylic acids is 1. The number of carboxylic acids is 1. The number of aliphatic hydroxyl groups is 1. The largest absolute Gasteiger partial charge is 0.480 e. The second-order valence-electron chi connectivity index (χ2n) is 5.69. The first kappa shape index (κ1) is 15.3. The number of amides is 2. The van der Waals surface area contributed by atoms with Gasteiger partial charge in [-0.05, 0) is 30.2 Å². The summed E-state index contributed by atoms with van der Waals surface area (Å²) in [4.78, 5) is 26.8. The number of anilines is 1. The maximum atomic E-state index is 11.4. The lowest BCUT2D eigenvalue weighted by atomic mass is 10.1. The van der Waals surface area contributed by atoms with Gasteiger partial charge in [-0.3, -0.25) is 9.69 Å². The van der Waals surface area contributed by atoms with Crippen molar-refractivity contribution in [2.24, 2.45) is 11.5 Å². The fourth-order valence-corrected chi connectivity index (χ4v) is 3.01. The summed E-state index contributed by atoms with van der Waals surface area (Å²) in [6.07, 6.45) is -0.409. The number of nitrogens with one attached hydrogen (secondary N) is 1. The predicted molar refractivity (Wildman–Crippen MR) is 84.1 cm³/mol. The van der Waals surface area contributed by atoms with Crippen molar-refractivity contribution < 1.29 is 19.8 Å². The first-order valence-corrected chi connectivity index (χ1v) is 7.26. The van der Waals surface area contributed by atoms with E-state index in [1.54, 1.807) is 6.07 Å². The van der Waals surface area contributed by atoms with E-state index in [4.69, 9.17) is 16.6 Å². The van der Waals surface area contributed by atoms with E-state index in [2.05, 4.69) is 4.98 Å². The Bertz CT molecular complexity index is 785. The van der Waals surface area contributed by atoms with Gasteiger partial charge in [0.25, 0.3) is 0 Å². The topological polar surface area (TPSA) is 146 Å². The van der Waals surface area contributed by atoms with E-state index in [0.29, 0.717) is 18.7 Å². The van der Waals surface area contributed by atoms with Crippen molar-refractivity contribution in [3.8, 4) is 0 Å². The lowest BCUT2D eigenvalue weighted by Crippen LogP contribution is -2.33. The number of carbonyl (C=O) groups excluding carboxylic acids is 1. The molecule has 2 heterocycles. The van der Waals surface area contributed by atoms with E-state index in [9.17, 15) is 14.7 Å². The van der Waals surface area contributed by atoms with Gasteiger partial charge in [0.2, 0.25) is 0 Å². The molecule has 2 unspecified atom stereocenters. The molecule has 23 heavy (non-hydrogen) atoms. The fourth-order valence-electron chi connectivity index (χ4n) is 3.01. The number of aromatic amines is 1. The molecule has 2 amide bonds. The van der Waals surface area contributed by atoms with Crippen molar-refractivity contribution >= 4 is 28.6 Å². The quantitative estimate of drug-likeness (QED) is 0.555. The molecule has 0 aliphatic carbocycles. The van der Waals surface area contributed by atoms with Crippen LogP contribution in [-0.2, 0) is 11.2 Å². The minimum Gasteiger partial charge on any atom is -0.480 e. The second kappa shape index (κ2) is 5.56. The van der Waals surface area contributed by atoms with Crippen LogP contribution in [0.15, 0.2) is 18.2 Å². The molecule has 0 bridgehead atoms. The van der Waals surface area contributed by atoms with Crippen molar-refractivity contribution in [3.63, 3.8) is 0 Å². The summed E-state index contributed by atoms with van der Waals surface area (Å²) < 4.78 is 0. The van der Waals surface area contributed by atoms with Crippen molar-refractivity contribution in [3.05, 3.63) is 29.5 Å². The molecule has 8 heteroatoms. The summed E-state index contributed by atoms with van der Waals surface area (Å²) in [5.41, 5.74) is 13.9. The Morgan fingerprint density at radius 1 is 1.39 bits per heavy atom. The number of rotatable bonds is 4. The number of fused-ring (bicyclic) bond motifs is 3. The first-order chi connectivity index (χ1) is 10.9. The normalized spacial score (nSPS) is 16.3. The second-order valence-corrected chi connectivity index (χ2v) is 5.69. The van der Waals surface area contributed by atoms with Crippen LogP contribution in [0.2, 0.25) is 0 Å². The van der Waals surface area contributed by atoms with Crippen LogP contribution < -0.4 is 16.4 Å². The number of hydrogen-bond donors (Lipinski definition) is 5. The fraction of sp³-hybridized carbons (Fsp3) is 0.333. The Kier molecular flexibility index (Phi) is 3.70. The zero-order valence-electron chi connectivity index (χ0n) is 12.3. The number of aliphatic hydroxyl groups excluding tert-OH is 1. The molecule has 0 spiro atoms. The lowest BCUT2D eigenvalue weighted by Gasteiger charge is -2.13. The summed E-state index contributed by atoms with van der Waals surface area (Å²) in [6.45, 7) is 0.525. The van der Waals surface area contributed by atoms with Crippen LogP contribution in [0.5, 0.6) is 0 Å². The third-order valence-corrected chi connectivity index (χ3v) is 4.21. The molecule has 3 rings (SSSR count). The maximum Gasteiger partial charge on any atom is 0.320 e. The number of aromatic nitrogens is 1. The Balaban J connectivity index is 1.94. The molecule has 1 aromatic carbocycles. The summed E-state index contributed by atoms with van der Waals surface area (Å²) in [6, 6.07) is 3.77. The van der Waals surface area contributed by atoms with Gasteiger partial charge in [0.1, 0.15) is 6.04 Å². The van der Waals surface area contributed by atoms with Gasteiger partial charge in [-0.25, -0.2) is 4.79 Å². The number of benzene rings is 1. The minimum atomic E-state index is -1.15. The lowest BCUT2D eigenvalue weighted by molar-refractivity contribution is -0.139. The Morgan fingerprint density at radius 2 is 2.13 bits per heavy atom. The van der Waals surface area contributed by atoms with Gasteiger partial charge in [-0.2, -0.15) is 0 Å². The third-order valence-electron chi connectivity index (χ3n) is 4.21. The van der Waals surface area contributed by atoms with Gasteiger partial charge < -0.3 is 26.7 Å². The Hall–Kier alpha value is -2.58. The van der Waals surface area contributed by atoms with Crippen LogP contribution in [-0.4, -0.2) is 39.8 Å². The number of carbonyl (C=O) groups is 2. The molecular formula is C15H18N4O4. The highest BCUT2D eigenvalue weighted by Gasteiger charge is 2.26. The highest BCUT2D eigenvalue weighted by Crippen LogP contribution is 2.35. The van der Waals surface area contributed by atoms with E-state index in [0.717, 1.165) is 22.2 Å². The van der Waals surface area contributed by atoms with Crippen molar-refractivity contribution in [2.45, 2.75) is 25.0 Å². The van der Waals surface area contributed by atoms with E-state index >= 15 is 0 Å². The molecule has 2 atom stereocenters. The molecule has 0 saturated heterocycles. The average molecular weight is 318 g/mol. The number of primary amides is 1. The zero-order chi connectivity index (χ0) is 16.7. The molecule has 0 saturated carbocycles. The van der Waals surface area contributed by atoms with Crippen molar-refractivity contribution in [2.75, 3.05) is 11.4 Å². The number of H-pyrrole nitrogens is 1. The molecule has 122 valence electrons. The van der Waals surface area contributed by atoms with Crippen molar-refractivity contribution in [1.82, 2.24) is 4.98 Å². The number of urea groups is 1. The molecule has 1 aromatic heterocycles. The Labute approximate surface area is 131 Å². The summed E-state index contributed by atoms with van der Waals surface area (Å²) in [7, 11) is 0. The molecule has 1 aliphatic rings. The van der Waals surface area contributed by atoms with Gasteiger partial charge >= 0.3 is 12.0 Å². The van der Waals surface area contributed by atoms with Crippen LogP contribution in [0, 0.1) is 0 Å². The van der Waals surface area contributed by atoms with E-state index < -0.39 is 24.1 Å². The predicted octanol–water partition coefficient (Wildman–Crippen LogP) is 0.445. The van der Waals surface area contributed by atoms with Crippen LogP contribution >= 0.6 is 0 Å². The summed E-state index contributed by atoms with van der Waals surface area (Å²) >= 11 is 0. The maximum absolute atomic E-state index is 11.4. The van der Waals surface area contributed by atoms with Crippen LogP contribution in [0.3, 0.4) is 0 Å². The highest BCUT2D eigenvalue weighted by atomic mass is 16.4. The number of nitrogens with zero attached hydrogens (tertiary/aromatic N) is 1. The third kappa shape index (κ3) is 2.62. The van der Waals surface area contributed by atoms with E-state index in [-0.39, 0.29) is 6.42 Å². The smallest absolute Gasteiger partial charge is 0.320 e. The van der Waals surface area contributed by atoms with Crippen molar-refractivity contribution in [1.29, 1.82) is 0 Å². The van der Waals surface area contributed by atoms with Crippen LogP contribution in [0.25, 0.3) is 10.9 Å². The number of nitrogens with two attached hydrogens (primary N) is 2. The van der Waals surface area contributed by atoms with Gasteiger partial charge in [-0.15, -0.1) is 0 Å². The minimum absolute atomic E-state index is 0.0856. The van der Waals surface area contributed by atoms with E-state index in [1.165, 1.54) is 4.90 Å². The monoisotopic (exact) mass is 318 g/mol. The van der Waals surface area contributed by atoms with Gasteiger partial charge in [0.05, 0.1) is 6.10 Å². The van der Waals surface area contributed by atoms with Gasteiger partial charge in [0.15, 0.2) is 0 Å². The molecular weight excluding hydrogens is 300 g/mol. The molecule has 7 N–H and O–H groups in total. The summed E-state index contributed by atoms with van der Waals surface area (Å²) in [5.74, 6) is -1.15. The zero-order valence-corrected chi connectivity index (χ0v) is 12.3. The molecule has 2 aromatic rings. The molecule has 1 aliphatic heterocycles.